The smallest absolute Gasteiger partial charge is 0.130 e. The molecule has 2 nitrogen and oxygen atoms in total. The molecule has 3 rings (SSSR count). The van der Waals surface area contributed by atoms with Crippen LogP contribution in [-0.2, 0) is 0 Å². The van der Waals surface area contributed by atoms with Gasteiger partial charge in [0.25, 0.3) is 0 Å². The molecule has 0 radical (unpaired) electrons. The molecule has 24 heavy (non-hydrogen) atoms. The maximum atomic E-state index is 6.00. The molecule has 0 spiro atoms. The summed E-state index contributed by atoms with van der Waals surface area (Å²) >= 11 is 5.23. The number of hydrogen-bond acceptors (Lipinski definition) is 2. The van der Waals surface area contributed by atoms with Gasteiger partial charge in [0, 0.05) is 16.1 Å². The van der Waals surface area contributed by atoms with Crippen molar-refractivity contribution in [3.05, 3.63) is 88.5 Å². The van der Waals surface area contributed by atoms with Gasteiger partial charge in [-0.25, -0.2) is 0 Å². The first-order valence-corrected chi connectivity index (χ1v) is 8.30. The third-order valence-corrected chi connectivity index (χ3v) is 4.60. The van der Waals surface area contributed by atoms with Gasteiger partial charge in [0.05, 0.1) is 0 Å². The largest absolute Gasteiger partial charge is 0.399 e. The summed E-state index contributed by atoms with van der Waals surface area (Å²) in [6, 6.07) is 12.6. The molecule has 2 aromatic rings. The number of thiocarbonyl (C=S) groups is 1. The number of rotatable bonds is 2. The summed E-state index contributed by atoms with van der Waals surface area (Å²) in [4.78, 5) is 0.843. The van der Waals surface area contributed by atoms with E-state index in [9.17, 15) is 0 Å². The lowest BCUT2D eigenvalue weighted by Crippen LogP contribution is -2.41. The predicted octanol–water partition coefficient (Wildman–Crippen LogP) is 4.06. The van der Waals surface area contributed by atoms with Crippen LogP contribution in [0.2, 0.25) is 0 Å². The van der Waals surface area contributed by atoms with Gasteiger partial charge in [-0.05, 0) is 84.2 Å². The Balaban J connectivity index is 2.25. The Bertz CT molecular complexity index is 846. The SMILES string of the molecule is Cc1cc(C(=C2C=CC(=S)C=C2)c2ccc([NH3+])c(C)c2)ccc1N. The minimum absolute atomic E-state index is 0.809. The van der Waals surface area contributed by atoms with E-state index >= 15 is 0 Å². The average molecular weight is 333 g/mol. The van der Waals surface area contributed by atoms with Crippen molar-refractivity contribution >= 4 is 34.0 Å². The number of benzene rings is 2. The van der Waals surface area contributed by atoms with E-state index in [-0.39, 0.29) is 0 Å². The monoisotopic (exact) mass is 333 g/mol. The van der Waals surface area contributed by atoms with Gasteiger partial charge >= 0.3 is 0 Å². The number of anilines is 1. The van der Waals surface area contributed by atoms with Crippen LogP contribution in [0, 0.1) is 13.8 Å². The fraction of sp³-hybridized carbons (Fsp3) is 0.0952. The lowest BCUT2D eigenvalue weighted by molar-refractivity contribution is -0.255. The molecule has 0 saturated heterocycles. The van der Waals surface area contributed by atoms with Crippen molar-refractivity contribution in [2.45, 2.75) is 13.8 Å². The molecule has 0 aliphatic heterocycles. The van der Waals surface area contributed by atoms with Gasteiger partial charge in [-0.3, -0.25) is 0 Å². The standard InChI is InChI=1S/C21H20N2S/c1-13-11-16(5-9-19(13)22)21(15-3-7-18(24)8-4-15)17-6-10-20(23)14(2)12-17/h3-12H,22-23H2,1-2H3/p+1. The Labute approximate surface area is 148 Å². The highest BCUT2D eigenvalue weighted by Crippen LogP contribution is 2.32. The van der Waals surface area contributed by atoms with E-state index in [1.54, 1.807) is 0 Å². The lowest BCUT2D eigenvalue weighted by atomic mass is 9.89. The van der Waals surface area contributed by atoms with Gasteiger partial charge in [0.2, 0.25) is 0 Å². The Morgan fingerprint density at radius 2 is 1.46 bits per heavy atom. The molecule has 0 bridgehead atoms. The van der Waals surface area contributed by atoms with Crippen molar-refractivity contribution in [2.24, 2.45) is 0 Å². The van der Waals surface area contributed by atoms with Crippen LogP contribution < -0.4 is 11.5 Å². The Hall–Kier alpha value is -2.49. The predicted molar refractivity (Wildman–Crippen MR) is 106 cm³/mol. The van der Waals surface area contributed by atoms with Crippen LogP contribution >= 0.6 is 12.2 Å². The zero-order valence-electron chi connectivity index (χ0n) is 14.0. The molecule has 2 aromatic carbocycles. The van der Waals surface area contributed by atoms with E-state index in [1.165, 1.54) is 16.7 Å². The number of aryl methyl sites for hydroxylation is 2. The number of quaternary nitrogens is 1. The molecule has 1 aliphatic carbocycles. The van der Waals surface area contributed by atoms with Crippen molar-refractivity contribution in [3.63, 3.8) is 0 Å². The highest BCUT2D eigenvalue weighted by molar-refractivity contribution is 7.81. The molecule has 0 aromatic heterocycles. The summed E-state index contributed by atoms with van der Waals surface area (Å²) in [6.07, 6.45) is 8.10. The third-order valence-electron chi connectivity index (χ3n) is 4.33. The molecule has 0 amide bonds. The van der Waals surface area contributed by atoms with Gasteiger partial charge < -0.3 is 11.5 Å². The molecule has 3 heteroatoms. The summed E-state index contributed by atoms with van der Waals surface area (Å²) in [6.45, 7) is 4.12. The van der Waals surface area contributed by atoms with Crippen molar-refractivity contribution < 1.29 is 5.73 Å². The van der Waals surface area contributed by atoms with Crippen molar-refractivity contribution in [3.8, 4) is 0 Å². The quantitative estimate of drug-likeness (QED) is 0.643. The lowest BCUT2D eigenvalue weighted by Gasteiger charge is -2.15. The number of nitrogen functional groups attached to an aromatic ring is 1. The average Bonchev–Trinajstić information content (AvgIpc) is 2.56. The topological polar surface area (TPSA) is 53.7 Å². The third kappa shape index (κ3) is 3.23. The van der Waals surface area contributed by atoms with Gasteiger partial charge in [-0.2, -0.15) is 0 Å². The van der Waals surface area contributed by atoms with E-state index < -0.39 is 0 Å². The second-order valence-corrected chi connectivity index (χ2v) is 6.58. The Kier molecular flexibility index (Phi) is 4.47. The second-order valence-electron chi connectivity index (χ2n) is 6.11. The fourth-order valence-electron chi connectivity index (χ4n) is 2.80. The van der Waals surface area contributed by atoms with Crippen molar-refractivity contribution in [1.82, 2.24) is 0 Å². The minimum Gasteiger partial charge on any atom is -0.399 e. The zero-order valence-corrected chi connectivity index (χ0v) is 14.8. The molecule has 0 fully saturated rings. The van der Waals surface area contributed by atoms with E-state index in [0.717, 1.165) is 32.9 Å². The van der Waals surface area contributed by atoms with Crippen LogP contribution in [0.25, 0.3) is 5.57 Å². The van der Waals surface area contributed by atoms with Crippen LogP contribution in [0.3, 0.4) is 0 Å². The van der Waals surface area contributed by atoms with Crippen LogP contribution in [0.4, 0.5) is 11.4 Å². The summed E-state index contributed by atoms with van der Waals surface area (Å²) in [5.74, 6) is 0. The fourth-order valence-corrected chi connectivity index (χ4v) is 2.94. The summed E-state index contributed by atoms with van der Waals surface area (Å²) in [5.41, 5.74) is 18.8. The molecule has 0 saturated carbocycles. The van der Waals surface area contributed by atoms with Crippen LogP contribution in [-0.4, -0.2) is 4.86 Å². The highest BCUT2D eigenvalue weighted by atomic mass is 32.1. The molecule has 0 atom stereocenters. The first-order chi connectivity index (χ1) is 11.5. The van der Waals surface area contributed by atoms with Crippen LogP contribution in [0.1, 0.15) is 22.3 Å². The molecular formula is C21H21N2S+. The van der Waals surface area contributed by atoms with E-state index in [4.69, 9.17) is 18.0 Å². The minimum atomic E-state index is 0.809. The summed E-state index contributed by atoms with van der Waals surface area (Å²) < 4.78 is 0. The van der Waals surface area contributed by atoms with Crippen molar-refractivity contribution in [1.29, 1.82) is 0 Å². The van der Waals surface area contributed by atoms with Gasteiger partial charge in [-0.1, -0.05) is 30.4 Å². The molecule has 0 unspecified atom stereocenters. The molecule has 120 valence electrons. The Morgan fingerprint density at radius 1 is 0.875 bits per heavy atom. The van der Waals surface area contributed by atoms with E-state index in [0.29, 0.717) is 0 Å². The van der Waals surface area contributed by atoms with Gasteiger partial charge in [0.15, 0.2) is 0 Å². The molecule has 0 heterocycles. The van der Waals surface area contributed by atoms with Crippen LogP contribution in [0.5, 0.6) is 0 Å². The maximum Gasteiger partial charge on any atom is 0.130 e. The number of hydrogen-bond donors (Lipinski definition) is 2. The molecule has 5 N–H and O–H groups in total. The Morgan fingerprint density at radius 3 is 2.04 bits per heavy atom. The van der Waals surface area contributed by atoms with Gasteiger partial charge in [0.1, 0.15) is 5.69 Å². The molecule has 1 aliphatic rings. The number of nitrogens with two attached hydrogens (primary N) is 1. The zero-order chi connectivity index (χ0) is 17.3. The van der Waals surface area contributed by atoms with Gasteiger partial charge in [-0.15, -0.1) is 0 Å². The summed E-state index contributed by atoms with van der Waals surface area (Å²) in [7, 11) is 0. The van der Waals surface area contributed by atoms with E-state index in [2.05, 4.69) is 55.1 Å². The first-order valence-electron chi connectivity index (χ1n) is 7.89. The van der Waals surface area contributed by atoms with E-state index in [1.807, 2.05) is 25.1 Å². The highest BCUT2D eigenvalue weighted by Gasteiger charge is 2.13. The number of allylic oxidation sites excluding steroid dienone is 5. The summed E-state index contributed by atoms with van der Waals surface area (Å²) in [5, 5.41) is 0. The maximum absolute atomic E-state index is 6.00. The van der Waals surface area contributed by atoms with Crippen molar-refractivity contribution in [2.75, 3.05) is 5.73 Å². The second kappa shape index (κ2) is 6.56. The first kappa shape index (κ1) is 16.4. The van der Waals surface area contributed by atoms with Crippen LogP contribution in [0.15, 0.2) is 66.3 Å². The normalized spacial score (nSPS) is 13.5. The molecular weight excluding hydrogens is 312 g/mol.